The molecule has 1 amide bonds. The number of hydrogen-bond donors (Lipinski definition) is 2. The average molecular weight is 285 g/mol. The van der Waals surface area contributed by atoms with Gasteiger partial charge >= 0.3 is 0 Å². The molecular weight excluding hydrogens is 266 g/mol. The van der Waals surface area contributed by atoms with E-state index >= 15 is 0 Å². The number of hydrogen-bond acceptors (Lipinski definition) is 5. The van der Waals surface area contributed by atoms with Crippen LogP contribution in [0.2, 0.25) is 0 Å². The molecule has 0 saturated heterocycles. The van der Waals surface area contributed by atoms with Crippen LogP contribution in [0, 0.1) is 0 Å². The van der Waals surface area contributed by atoms with E-state index in [1.165, 1.54) is 0 Å². The van der Waals surface area contributed by atoms with Crippen LogP contribution in [0.25, 0.3) is 0 Å². The maximum atomic E-state index is 11.2. The fraction of sp³-hybridized carbons (Fsp3) is 0.417. The summed E-state index contributed by atoms with van der Waals surface area (Å²) in [5, 5.41) is 0. The van der Waals surface area contributed by atoms with Crippen LogP contribution in [-0.4, -0.2) is 44.3 Å². The van der Waals surface area contributed by atoms with E-state index in [1.807, 2.05) is 18.2 Å². The largest absolute Gasteiger partial charge is 0.398 e. The first-order valence-electron chi connectivity index (χ1n) is 5.79. The van der Waals surface area contributed by atoms with E-state index in [2.05, 4.69) is 0 Å². The number of benzene rings is 1. The Morgan fingerprint density at radius 3 is 2.47 bits per heavy atom. The minimum absolute atomic E-state index is 0.00382. The second-order valence-corrected chi connectivity index (χ2v) is 6.77. The first-order valence-corrected chi connectivity index (χ1v) is 7.86. The van der Waals surface area contributed by atoms with Crippen molar-refractivity contribution in [2.24, 2.45) is 5.73 Å². The third kappa shape index (κ3) is 6.21. The van der Waals surface area contributed by atoms with Crippen LogP contribution in [0.1, 0.15) is 5.56 Å². The summed E-state index contributed by atoms with van der Waals surface area (Å²) in [4.78, 5) is 12.7. The monoisotopic (exact) mass is 285 g/mol. The van der Waals surface area contributed by atoms with Gasteiger partial charge in [-0.2, -0.15) is 0 Å². The van der Waals surface area contributed by atoms with Crippen molar-refractivity contribution in [1.82, 2.24) is 4.90 Å². The zero-order valence-electron chi connectivity index (χ0n) is 10.9. The second-order valence-electron chi connectivity index (χ2n) is 4.51. The minimum Gasteiger partial charge on any atom is -0.398 e. The van der Waals surface area contributed by atoms with Crippen LogP contribution < -0.4 is 11.5 Å². The molecule has 1 rings (SSSR count). The summed E-state index contributed by atoms with van der Waals surface area (Å²) in [6.45, 7) is 0.644. The van der Waals surface area contributed by atoms with Crippen LogP contribution in [0.5, 0.6) is 0 Å². The molecule has 1 aromatic carbocycles. The highest BCUT2D eigenvalue weighted by atomic mass is 32.2. The van der Waals surface area contributed by atoms with Crippen LogP contribution in [0.3, 0.4) is 0 Å². The van der Waals surface area contributed by atoms with Gasteiger partial charge in [-0.15, -0.1) is 0 Å². The Labute approximate surface area is 113 Å². The molecule has 0 aliphatic rings. The normalized spacial score (nSPS) is 11.7. The molecule has 0 spiro atoms. The Bertz CT molecular complexity index is 543. The van der Waals surface area contributed by atoms with Crippen LogP contribution >= 0.6 is 0 Å². The molecule has 106 valence electrons. The number of para-hydroxylation sites is 1. The summed E-state index contributed by atoms with van der Waals surface area (Å²) in [6.07, 6.45) is 1.16. The maximum Gasteiger partial charge on any atom is 0.231 e. The van der Waals surface area contributed by atoms with Crippen LogP contribution in [-0.2, 0) is 21.2 Å². The zero-order valence-corrected chi connectivity index (χ0v) is 11.7. The lowest BCUT2D eigenvalue weighted by atomic mass is 10.1. The van der Waals surface area contributed by atoms with E-state index in [0.717, 1.165) is 11.8 Å². The highest BCUT2D eigenvalue weighted by molar-refractivity contribution is 7.90. The Morgan fingerprint density at radius 2 is 1.95 bits per heavy atom. The quantitative estimate of drug-likeness (QED) is 0.663. The van der Waals surface area contributed by atoms with Crippen molar-refractivity contribution >= 4 is 21.4 Å². The molecule has 0 aromatic heterocycles. The molecule has 0 fully saturated rings. The number of nitrogens with two attached hydrogens (primary N) is 2. The van der Waals surface area contributed by atoms with Crippen molar-refractivity contribution in [3.63, 3.8) is 0 Å². The summed E-state index contributed by atoms with van der Waals surface area (Å²) >= 11 is 0. The highest BCUT2D eigenvalue weighted by Crippen LogP contribution is 2.13. The number of primary amides is 1. The number of rotatable bonds is 7. The van der Waals surface area contributed by atoms with Gasteiger partial charge in [-0.3, -0.25) is 9.69 Å². The van der Waals surface area contributed by atoms with E-state index in [-0.39, 0.29) is 18.8 Å². The minimum atomic E-state index is -3.08. The Balaban J connectivity index is 2.74. The lowest BCUT2D eigenvalue weighted by Gasteiger charge is -2.21. The third-order valence-electron chi connectivity index (χ3n) is 2.61. The number of carbonyl (C=O) groups is 1. The number of anilines is 1. The van der Waals surface area contributed by atoms with Gasteiger partial charge in [0.2, 0.25) is 5.91 Å². The highest BCUT2D eigenvalue weighted by Gasteiger charge is 2.13. The fourth-order valence-corrected chi connectivity index (χ4v) is 2.24. The Kier molecular flexibility index (Phi) is 5.31. The van der Waals surface area contributed by atoms with Gasteiger partial charge in [-0.25, -0.2) is 8.42 Å². The summed E-state index contributed by atoms with van der Waals surface area (Å²) in [5.41, 5.74) is 12.4. The van der Waals surface area contributed by atoms with Crippen LogP contribution in [0.4, 0.5) is 5.69 Å². The number of nitrogen functional groups attached to an aromatic ring is 1. The van der Waals surface area contributed by atoms with Crippen molar-refractivity contribution in [2.45, 2.75) is 6.54 Å². The second kappa shape index (κ2) is 6.53. The molecule has 0 atom stereocenters. The van der Waals surface area contributed by atoms with Gasteiger partial charge in [0.15, 0.2) is 0 Å². The van der Waals surface area contributed by atoms with Crippen molar-refractivity contribution in [2.75, 3.05) is 30.8 Å². The summed E-state index contributed by atoms with van der Waals surface area (Å²) in [6, 6.07) is 7.25. The molecule has 6 nitrogen and oxygen atoms in total. The Morgan fingerprint density at radius 1 is 1.32 bits per heavy atom. The molecule has 0 radical (unpaired) electrons. The van der Waals surface area contributed by atoms with Crippen LogP contribution in [0.15, 0.2) is 24.3 Å². The Hall–Kier alpha value is -1.60. The zero-order chi connectivity index (χ0) is 14.5. The fourth-order valence-electron chi connectivity index (χ4n) is 1.65. The van der Waals surface area contributed by atoms with Crippen molar-refractivity contribution < 1.29 is 13.2 Å². The van der Waals surface area contributed by atoms with E-state index in [0.29, 0.717) is 12.2 Å². The first kappa shape index (κ1) is 15.5. The molecule has 0 unspecified atom stereocenters. The van der Waals surface area contributed by atoms with Gasteiger partial charge in [0.1, 0.15) is 9.84 Å². The van der Waals surface area contributed by atoms with E-state index in [9.17, 15) is 13.2 Å². The van der Waals surface area contributed by atoms with Gasteiger partial charge in [0.05, 0.1) is 12.3 Å². The molecule has 0 saturated carbocycles. The number of amides is 1. The molecule has 0 aliphatic heterocycles. The molecular formula is C12H19N3O3S. The number of nitrogens with zero attached hydrogens (tertiary/aromatic N) is 1. The van der Waals surface area contributed by atoms with Gasteiger partial charge in [0, 0.05) is 25.0 Å². The van der Waals surface area contributed by atoms with Crippen molar-refractivity contribution in [1.29, 1.82) is 0 Å². The van der Waals surface area contributed by atoms with Gasteiger partial charge in [0.25, 0.3) is 0 Å². The number of carbonyl (C=O) groups excluding carboxylic acids is 1. The molecule has 1 aromatic rings. The molecule has 0 heterocycles. The number of sulfone groups is 1. The predicted octanol–water partition coefficient (Wildman–Crippen LogP) is -0.399. The van der Waals surface area contributed by atoms with Crippen molar-refractivity contribution in [3.8, 4) is 0 Å². The maximum absolute atomic E-state index is 11.2. The summed E-state index contributed by atoms with van der Waals surface area (Å²) < 4.78 is 22.3. The first-order chi connectivity index (χ1) is 8.78. The van der Waals surface area contributed by atoms with Crippen molar-refractivity contribution in [3.05, 3.63) is 29.8 Å². The average Bonchev–Trinajstić information content (AvgIpc) is 2.27. The molecule has 0 aliphatic carbocycles. The van der Waals surface area contributed by atoms with E-state index in [4.69, 9.17) is 11.5 Å². The van der Waals surface area contributed by atoms with Gasteiger partial charge < -0.3 is 11.5 Å². The van der Waals surface area contributed by atoms with E-state index < -0.39 is 15.7 Å². The predicted molar refractivity (Wildman–Crippen MR) is 75.0 cm³/mol. The summed E-state index contributed by atoms with van der Waals surface area (Å²) in [5.74, 6) is -0.518. The molecule has 4 N–H and O–H groups in total. The van der Waals surface area contributed by atoms with E-state index in [1.54, 1.807) is 11.0 Å². The summed E-state index contributed by atoms with van der Waals surface area (Å²) in [7, 11) is -3.08. The molecule has 19 heavy (non-hydrogen) atoms. The topological polar surface area (TPSA) is 106 Å². The SMILES string of the molecule is CS(=O)(=O)CCN(CC(N)=O)Cc1ccccc1N. The lowest BCUT2D eigenvalue weighted by molar-refractivity contribution is -0.119. The molecule has 0 bridgehead atoms. The third-order valence-corrected chi connectivity index (χ3v) is 3.53. The van der Waals surface area contributed by atoms with Gasteiger partial charge in [-0.1, -0.05) is 18.2 Å². The van der Waals surface area contributed by atoms with Gasteiger partial charge in [-0.05, 0) is 11.6 Å². The standard InChI is InChI=1S/C12H19N3O3S/c1-19(17,18)7-6-15(9-12(14)16)8-10-4-2-3-5-11(10)13/h2-5H,6-9,13H2,1H3,(H2,14,16). The lowest BCUT2D eigenvalue weighted by Crippen LogP contribution is -2.36. The smallest absolute Gasteiger partial charge is 0.231 e. The molecule has 7 heteroatoms.